The number of carbonyl (C=O) groups excluding carboxylic acids is 1. The van der Waals surface area contributed by atoms with Crippen LogP contribution in [0.4, 0.5) is 10.5 Å². The third kappa shape index (κ3) is 9.09. The molecule has 12 nitrogen and oxygen atoms in total. The van der Waals surface area contributed by atoms with Gasteiger partial charge in [0.25, 0.3) is 5.91 Å². The fourth-order valence-corrected chi connectivity index (χ4v) is 7.40. The van der Waals surface area contributed by atoms with Crippen LogP contribution in [-0.2, 0) is 22.7 Å². The van der Waals surface area contributed by atoms with Gasteiger partial charge in [0.15, 0.2) is 0 Å². The van der Waals surface area contributed by atoms with Crippen LogP contribution in [0.5, 0.6) is 0 Å². The molecule has 3 aromatic heterocycles. The Bertz CT molecular complexity index is 1750. The van der Waals surface area contributed by atoms with E-state index in [4.69, 9.17) is 24.5 Å². The number of amides is 2. The monoisotopic (exact) mass is 685 g/mol. The molecular formula is C36H47N7O5Si. The van der Waals surface area contributed by atoms with Crippen molar-refractivity contribution in [1.82, 2.24) is 29.7 Å². The number of hydrogen-bond donors (Lipinski definition) is 3. The highest BCUT2D eigenvalue weighted by atomic mass is 28.3. The number of carbonyl (C=O) groups is 2. The predicted molar refractivity (Wildman–Crippen MR) is 192 cm³/mol. The number of ether oxygens (including phenoxy) is 2. The highest BCUT2D eigenvalue weighted by Gasteiger charge is 2.24. The summed E-state index contributed by atoms with van der Waals surface area (Å²) < 4.78 is 14.0. The van der Waals surface area contributed by atoms with Crippen molar-refractivity contribution in [3.63, 3.8) is 0 Å². The standard InChI is InChI=1S/C36H47N7O5Si/c1-49(2,3)18-17-48-24-43-32(20-30-33(38-23-39-34(30)43)27-11-15-47-16-12-27)26-6-8-28(9-7-26)40-35(44)31-19-25(10-13-37-31)21-42-14-4-5-29(22-42)41-36(45)46/h6-10,13,19-20,23,27,29,41H,4-5,11-12,14-18,21-22,24H2,1-3H3,(H,40,44)(H,45,46). The minimum absolute atomic E-state index is 0.0930. The average molecular weight is 686 g/mol. The van der Waals surface area contributed by atoms with E-state index in [1.165, 1.54) is 0 Å². The Balaban J connectivity index is 1.17. The van der Waals surface area contributed by atoms with Crippen LogP contribution in [0.15, 0.2) is 55.0 Å². The number of benzene rings is 1. The van der Waals surface area contributed by atoms with Crippen LogP contribution in [0, 0.1) is 0 Å². The molecule has 49 heavy (non-hydrogen) atoms. The molecule has 6 rings (SSSR count). The first-order valence-electron chi connectivity index (χ1n) is 17.2. The number of rotatable bonds is 12. The highest BCUT2D eigenvalue weighted by Crippen LogP contribution is 2.35. The van der Waals surface area contributed by atoms with Gasteiger partial charge in [-0.3, -0.25) is 14.7 Å². The van der Waals surface area contributed by atoms with Crippen molar-refractivity contribution in [3.8, 4) is 11.3 Å². The summed E-state index contributed by atoms with van der Waals surface area (Å²) in [4.78, 5) is 40.3. The lowest BCUT2D eigenvalue weighted by molar-refractivity contribution is 0.0847. The quantitative estimate of drug-likeness (QED) is 0.118. The molecule has 5 heterocycles. The first-order chi connectivity index (χ1) is 23.6. The van der Waals surface area contributed by atoms with Gasteiger partial charge in [-0.05, 0) is 79.7 Å². The van der Waals surface area contributed by atoms with Gasteiger partial charge in [-0.1, -0.05) is 31.8 Å². The molecule has 0 saturated carbocycles. The van der Waals surface area contributed by atoms with Gasteiger partial charge in [-0.15, -0.1) is 0 Å². The summed E-state index contributed by atoms with van der Waals surface area (Å²) in [5.74, 6) is 0.0334. The Labute approximate surface area is 288 Å². The Morgan fingerprint density at radius 1 is 1.04 bits per heavy atom. The van der Waals surface area contributed by atoms with Gasteiger partial charge >= 0.3 is 6.09 Å². The molecule has 2 aliphatic rings. The van der Waals surface area contributed by atoms with Gasteiger partial charge in [0, 0.05) is 70.2 Å². The van der Waals surface area contributed by atoms with Crippen molar-refractivity contribution in [1.29, 1.82) is 0 Å². The number of carboxylic acid groups (broad SMARTS) is 1. The number of likely N-dealkylation sites (tertiary alicyclic amines) is 1. The van der Waals surface area contributed by atoms with Crippen LogP contribution in [0.1, 0.15) is 53.3 Å². The smallest absolute Gasteiger partial charge is 0.404 e. The molecule has 0 radical (unpaired) electrons. The van der Waals surface area contributed by atoms with E-state index in [0.29, 0.717) is 43.7 Å². The molecule has 0 spiro atoms. The lowest BCUT2D eigenvalue weighted by atomic mass is 9.94. The highest BCUT2D eigenvalue weighted by molar-refractivity contribution is 6.76. The van der Waals surface area contributed by atoms with E-state index in [1.807, 2.05) is 30.3 Å². The second-order valence-electron chi connectivity index (χ2n) is 14.3. The van der Waals surface area contributed by atoms with E-state index in [9.17, 15) is 9.59 Å². The first-order valence-corrected chi connectivity index (χ1v) is 20.9. The molecule has 1 atom stereocenters. The van der Waals surface area contributed by atoms with E-state index < -0.39 is 14.2 Å². The SMILES string of the molecule is C[Si](C)(C)CCOCn1c(-c2ccc(NC(=O)c3cc(CN4CCCC(NC(=O)O)C4)ccn3)cc2)cc2c(C3CCOCC3)ncnc21. The van der Waals surface area contributed by atoms with Gasteiger partial charge in [0.1, 0.15) is 24.4 Å². The second-order valence-corrected chi connectivity index (χ2v) is 19.9. The minimum atomic E-state index is -1.24. The molecule has 3 N–H and O–H groups in total. The zero-order chi connectivity index (χ0) is 34.4. The molecule has 1 unspecified atom stereocenters. The number of fused-ring (bicyclic) bond motifs is 1. The lowest BCUT2D eigenvalue weighted by Crippen LogP contribution is -2.46. The number of pyridine rings is 1. The summed E-state index contributed by atoms with van der Waals surface area (Å²) in [5.41, 5.74) is 5.84. The molecule has 260 valence electrons. The van der Waals surface area contributed by atoms with E-state index in [-0.39, 0.29) is 11.9 Å². The minimum Gasteiger partial charge on any atom is -0.465 e. The van der Waals surface area contributed by atoms with E-state index in [0.717, 1.165) is 85.0 Å². The fourth-order valence-electron chi connectivity index (χ4n) is 6.65. The van der Waals surface area contributed by atoms with E-state index in [1.54, 1.807) is 18.6 Å². The summed E-state index contributed by atoms with van der Waals surface area (Å²) in [6, 6.07) is 14.7. The number of anilines is 1. The third-order valence-corrected chi connectivity index (χ3v) is 11.0. The Morgan fingerprint density at radius 2 is 1.84 bits per heavy atom. The van der Waals surface area contributed by atoms with Crippen LogP contribution >= 0.6 is 0 Å². The summed E-state index contributed by atoms with van der Waals surface area (Å²) in [6.07, 6.45) is 5.93. The van der Waals surface area contributed by atoms with E-state index in [2.05, 4.69) is 50.8 Å². The van der Waals surface area contributed by atoms with Crippen LogP contribution in [-0.4, -0.2) is 88.6 Å². The molecular weight excluding hydrogens is 639 g/mol. The van der Waals surface area contributed by atoms with Crippen LogP contribution < -0.4 is 10.6 Å². The molecule has 2 amide bonds. The second kappa shape index (κ2) is 15.6. The van der Waals surface area contributed by atoms with Crippen LogP contribution in [0.25, 0.3) is 22.3 Å². The maximum Gasteiger partial charge on any atom is 0.404 e. The molecule has 4 aromatic rings. The fraction of sp³-hybridized carbons (Fsp3) is 0.472. The predicted octanol–water partition coefficient (Wildman–Crippen LogP) is 6.18. The summed E-state index contributed by atoms with van der Waals surface area (Å²) in [5, 5.41) is 15.7. The van der Waals surface area contributed by atoms with Gasteiger partial charge in [-0.2, -0.15) is 0 Å². The summed E-state index contributed by atoms with van der Waals surface area (Å²) in [7, 11) is -1.24. The van der Waals surface area contributed by atoms with Crippen molar-refractivity contribution in [2.24, 2.45) is 0 Å². The Morgan fingerprint density at radius 3 is 2.59 bits per heavy atom. The zero-order valence-electron chi connectivity index (χ0n) is 28.7. The van der Waals surface area contributed by atoms with Gasteiger partial charge in [0.2, 0.25) is 0 Å². The summed E-state index contributed by atoms with van der Waals surface area (Å²) >= 11 is 0. The first kappa shape index (κ1) is 34.7. The number of hydrogen-bond acceptors (Lipinski definition) is 8. The summed E-state index contributed by atoms with van der Waals surface area (Å²) in [6.45, 7) is 11.7. The molecule has 2 saturated heterocycles. The third-order valence-electron chi connectivity index (χ3n) is 9.28. The normalized spacial score (nSPS) is 17.7. The van der Waals surface area contributed by atoms with Crippen molar-refractivity contribution >= 4 is 36.8 Å². The number of nitrogens with zero attached hydrogens (tertiary/aromatic N) is 5. The number of piperidine rings is 1. The van der Waals surface area contributed by atoms with Gasteiger partial charge < -0.3 is 29.8 Å². The maximum atomic E-state index is 13.3. The van der Waals surface area contributed by atoms with Crippen LogP contribution in [0.2, 0.25) is 25.7 Å². The Hall–Kier alpha value is -4.17. The topological polar surface area (TPSA) is 144 Å². The maximum absolute atomic E-state index is 13.3. The molecule has 13 heteroatoms. The Kier molecular flexibility index (Phi) is 11.0. The molecule has 1 aromatic carbocycles. The average Bonchev–Trinajstić information content (AvgIpc) is 3.45. The van der Waals surface area contributed by atoms with E-state index >= 15 is 0 Å². The van der Waals surface area contributed by atoms with Crippen molar-refractivity contribution < 1.29 is 24.2 Å². The van der Waals surface area contributed by atoms with Gasteiger partial charge in [0.05, 0.1) is 11.4 Å². The molecule has 0 bridgehead atoms. The van der Waals surface area contributed by atoms with Crippen LogP contribution in [0.3, 0.4) is 0 Å². The van der Waals surface area contributed by atoms with Crippen molar-refractivity contribution in [2.75, 3.05) is 38.2 Å². The van der Waals surface area contributed by atoms with Crippen molar-refractivity contribution in [3.05, 3.63) is 71.9 Å². The molecule has 2 fully saturated rings. The molecule has 0 aliphatic carbocycles. The number of nitrogens with one attached hydrogen (secondary N) is 2. The van der Waals surface area contributed by atoms with Gasteiger partial charge in [-0.25, -0.2) is 14.8 Å². The van der Waals surface area contributed by atoms with Crippen molar-refractivity contribution in [2.45, 2.75) is 76.6 Å². The number of aromatic nitrogens is 4. The molecule has 2 aliphatic heterocycles. The lowest BCUT2D eigenvalue weighted by Gasteiger charge is -2.32. The zero-order valence-corrected chi connectivity index (χ0v) is 29.7. The largest absolute Gasteiger partial charge is 0.465 e.